The summed E-state index contributed by atoms with van der Waals surface area (Å²) in [5.74, 6) is 2.11. The molecule has 8 heteroatoms. The van der Waals surface area contributed by atoms with Gasteiger partial charge in [-0.3, -0.25) is 0 Å². The van der Waals surface area contributed by atoms with Crippen molar-refractivity contribution in [3.05, 3.63) is 86.9 Å². The van der Waals surface area contributed by atoms with Crippen molar-refractivity contribution in [3.63, 3.8) is 0 Å². The van der Waals surface area contributed by atoms with Crippen LogP contribution in [0.1, 0.15) is 28.3 Å². The fraction of sp³-hybridized carbons (Fsp3) is 0.269. The van der Waals surface area contributed by atoms with Gasteiger partial charge < -0.3 is 24.4 Å². The molecule has 1 heterocycles. The van der Waals surface area contributed by atoms with E-state index in [1.807, 2.05) is 48.5 Å². The molecule has 0 radical (unpaired) electrons. The summed E-state index contributed by atoms with van der Waals surface area (Å²) >= 11 is 12.7. The molecule has 0 aromatic heterocycles. The summed E-state index contributed by atoms with van der Waals surface area (Å²) in [7, 11) is 4.86. The zero-order valence-electron chi connectivity index (χ0n) is 19.2. The maximum Gasteiger partial charge on any atom is 0.318 e. The van der Waals surface area contributed by atoms with Crippen LogP contribution in [0, 0.1) is 0 Å². The number of benzene rings is 3. The quantitative estimate of drug-likeness (QED) is 0.459. The molecule has 1 aliphatic rings. The van der Waals surface area contributed by atoms with Gasteiger partial charge in [0.1, 0.15) is 17.2 Å². The summed E-state index contributed by atoms with van der Waals surface area (Å²) in [6.07, 6.45) is 0.656. The summed E-state index contributed by atoms with van der Waals surface area (Å²) < 4.78 is 16.4. The zero-order valence-corrected chi connectivity index (χ0v) is 20.7. The minimum atomic E-state index is -0.434. The Morgan fingerprint density at radius 3 is 2.24 bits per heavy atom. The third-order valence-corrected chi connectivity index (χ3v) is 6.36. The van der Waals surface area contributed by atoms with Gasteiger partial charge in [0.25, 0.3) is 0 Å². The van der Waals surface area contributed by atoms with Gasteiger partial charge in [0, 0.05) is 34.8 Å². The Balaban J connectivity index is 1.70. The number of amides is 2. The average Bonchev–Trinajstić information content (AvgIpc) is 2.85. The normalized spacial score (nSPS) is 14.9. The number of nitrogens with zero attached hydrogens (tertiary/aromatic N) is 1. The van der Waals surface area contributed by atoms with Crippen LogP contribution in [-0.4, -0.2) is 38.8 Å². The molecule has 6 nitrogen and oxygen atoms in total. The lowest BCUT2D eigenvalue weighted by Crippen LogP contribution is -2.46. The third kappa shape index (κ3) is 5.03. The first-order valence-electron chi connectivity index (χ1n) is 10.8. The first-order valence-corrected chi connectivity index (χ1v) is 11.6. The molecule has 0 saturated carbocycles. The number of ether oxygens (including phenoxy) is 3. The largest absolute Gasteiger partial charge is 0.497 e. The SMILES string of the molecule is COc1ccc(CNC(=O)N2CCc3cc(OC)cc(OC)c3C2c2cc(Cl)cc(Cl)c2)cc1. The van der Waals surface area contributed by atoms with Gasteiger partial charge in [-0.15, -0.1) is 0 Å². The van der Waals surface area contributed by atoms with Crippen LogP contribution in [-0.2, 0) is 13.0 Å². The number of carbonyl (C=O) groups excluding carboxylic acids is 1. The Hall–Kier alpha value is -3.09. The number of urea groups is 1. The van der Waals surface area contributed by atoms with Crippen LogP contribution in [0.2, 0.25) is 10.0 Å². The second kappa shape index (κ2) is 10.5. The minimum absolute atomic E-state index is 0.194. The molecule has 1 atom stereocenters. The van der Waals surface area contributed by atoms with E-state index in [2.05, 4.69) is 5.32 Å². The molecule has 0 bridgehead atoms. The van der Waals surface area contributed by atoms with Crippen LogP contribution in [0.3, 0.4) is 0 Å². The van der Waals surface area contributed by atoms with E-state index in [-0.39, 0.29) is 6.03 Å². The van der Waals surface area contributed by atoms with Gasteiger partial charge in [-0.2, -0.15) is 0 Å². The molecule has 3 aromatic rings. The third-order valence-electron chi connectivity index (χ3n) is 5.93. The lowest BCUT2D eigenvalue weighted by molar-refractivity contribution is 0.178. The number of rotatable bonds is 6. The van der Waals surface area contributed by atoms with Crippen LogP contribution >= 0.6 is 23.2 Å². The number of methoxy groups -OCH3 is 3. The van der Waals surface area contributed by atoms with Gasteiger partial charge in [0.05, 0.1) is 27.4 Å². The summed E-state index contributed by atoms with van der Waals surface area (Å²) in [6, 6.07) is 16.1. The van der Waals surface area contributed by atoms with E-state index in [4.69, 9.17) is 37.4 Å². The Labute approximate surface area is 209 Å². The van der Waals surface area contributed by atoms with E-state index >= 15 is 0 Å². The summed E-state index contributed by atoms with van der Waals surface area (Å²) in [5.41, 5.74) is 3.72. The molecule has 0 fully saturated rings. The Morgan fingerprint density at radius 1 is 0.941 bits per heavy atom. The summed E-state index contributed by atoms with van der Waals surface area (Å²) in [6.45, 7) is 0.890. The topological polar surface area (TPSA) is 60.0 Å². The van der Waals surface area contributed by atoms with Gasteiger partial charge in [-0.1, -0.05) is 35.3 Å². The highest BCUT2D eigenvalue weighted by Crippen LogP contribution is 2.43. The first-order chi connectivity index (χ1) is 16.4. The van der Waals surface area contributed by atoms with E-state index < -0.39 is 6.04 Å². The van der Waals surface area contributed by atoms with Crippen molar-refractivity contribution in [3.8, 4) is 17.2 Å². The first kappa shape index (κ1) is 24.0. The lowest BCUT2D eigenvalue weighted by Gasteiger charge is -2.38. The van der Waals surface area contributed by atoms with Gasteiger partial charge in [0.15, 0.2) is 0 Å². The van der Waals surface area contributed by atoms with Crippen molar-refractivity contribution in [2.24, 2.45) is 0 Å². The van der Waals surface area contributed by atoms with Crippen molar-refractivity contribution < 1.29 is 19.0 Å². The predicted octanol–water partition coefficient (Wildman–Crippen LogP) is 5.88. The number of carbonyl (C=O) groups is 1. The number of halogens is 2. The minimum Gasteiger partial charge on any atom is -0.497 e. The van der Waals surface area contributed by atoms with E-state index in [1.165, 1.54) is 0 Å². The average molecular weight is 501 g/mol. The molecule has 0 saturated heterocycles. The predicted molar refractivity (Wildman–Crippen MR) is 133 cm³/mol. The van der Waals surface area contributed by atoms with Crippen molar-refractivity contribution in [1.82, 2.24) is 10.2 Å². The fourth-order valence-corrected chi connectivity index (χ4v) is 4.85. The number of fused-ring (bicyclic) bond motifs is 1. The van der Waals surface area contributed by atoms with Gasteiger partial charge in [-0.25, -0.2) is 4.79 Å². The molecule has 1 unspecified atom stereocenters. The maximum atomic E-state index is 13.4. The molecule has 178 valence electrons. The molecule has 4 rings (SSSR count). The molecule has 3 aromatic carbocycles. The lowest BCUT2D eigenvalue weighted by atomic mass is 9.87. The number of hydrogen-bond donors (Lipinski definition) is 1. The molecule has 0 spiro atoms. The van der Waals surface area contributed by atoms with Crippen molar-refractivity contribution >= 4 is 29.2 Å². The molecule has 0 aliphatic carbocycles. The molecule has 1 aliphatic heterocycles. The monoisotopic (exact) mass is 500 g/mol. The molecule has 34 heavy (non-hydrogen) atoms. The van der Waals surface area contributed by atoms with Crippen LogP contribution in [0.4, 0.5) is 4.79 Å². The Morgan fingerprint density at radius 2 is 1.62 bits per heavy atom. The van der Waals surface area contributed by atoms with E-state index in [0.717, 1.165) is 28.0 Å². The standard InChI is InChI=1S/C26H26Cl2N2O4/c1-32-21-6-4-16(5-7-21)15-29-26(31)30-9-8-17-12-22(33-2)14-23(34-3)24(17)25(30)18-10-19(27)13-20(28)11-18/h4-7,10-14,25H,8-9,15H2,1-3H3,(H,29,31). The maximum absolute atomic E-state index is 13.4. The van der Waals surface area contributed by atoms with Crippen molar-refractivity contribution in [1.29, 1.82) is 0 Å². The smallest absolute Gasteiger partial charge is 0.318 e. The highest BCUT2D eigenvalue weighted by atomic mass is 35.5. The number of nitrogens with one attached hydrogen (secondary N) is 1. The van der Waals surface area contributed by atoms with Crippen LogP contribution in [0.25, 0.3) is 0 Å². The number of hydrogen-bond acceptors (Lipinski definition) is 4. The van der Waals surface area contributed by atoms with Crippen LogP contribution < -0.4 is 19.5 Å². The van der Waals surface area contributed by atoms with Crippen molar-refractivity contribution in [2.45, 2.75) is 19.0 Å². The summed E-state index contributed by atoms with van der Waals surface area (Å²) in [5, 5.41) is 4.04. The van der Waals surface area contributed by atoms with Crippen molar-refractivity contribution in [2.75, 3.05) is 27.9 Å². The van der Waals surface area contributed by atoms with E-state index in [1.54, 1.807) is 32.3 Å². The zero-order chi connectivity index (χ0) is 24.2. The Kier molecular flexibility index (Phi) is 7.39. The molecular weight excluding hydrogens is 475 g/mol. The molecule has 1 N–H and O–H groups in total. The van der Waals surface area contributed by atoms with Gasteiger partial charge in [0.2, 0.25) is 0 Å². The Bertz CT molecular complexity index is 1150. The fourth-order valence-electron chi connectivity index (χ4n) is 4.31. The van der Waals surface area contributed by atoms with Gasteiger partial charge in [-0.05, 0) is 59.5 Å². The highest BCUT2D eigenvalue weighted by molar-refractivity contribution is 6.34. The van der Waals surface area contributed by atoms with E-state index in [9.17, 15) is 4.79 Å². The van der Waals surface area contributed by atoms with Gasteiger partial charge >= 0.3 is 6.03 Å². The second-order valence-electron chi connectivity index (χ2n) is 7.96. The summed E-state index contributed by atoms with van der Waals surface area (Å²) in [4.78, 5) is 15.2. The van der Waals surface area contributed by atoms with Crippen LogP contribution in [0.15, 0.2) is 54.6 Å². The molecular formula is C26H26Cl2N2O4. The van der Waals surface area contributed by atoms with Crippen LogP contribution in [0.5, 0.6) is 17.2 Å². The van der Waals surface area contributed by atoms with E-state index in [0.29, 0.717) is 41.1 Å². The highest BCUT2D eigenvalue weighted by Gasteiger charge is 2.35. The molecule has 2 amide bonds. The second-order valence-corrected chi connectivity index (χ2v) is 8.83.